The Balaban J connectivity index is 1.21. The molecule has 2 aliphatic rings. The fraction of sp³-hybridized carbons (Fsp3) is 0.433. The molecule has 10 heteroatoms. The summed E-state index contributed by atoms with van der Waals surface area (Å²) in [6, 6.07) is 17.2. The molecular weight excluding hydrogens is 544 g/mol. The molecule has 210 valence electrons. The van der Waals surface area contributed by atoms with Crippen LogP contribution in [0, 0.1) is 17.2 Å². The molecule has 2 saturated carbocycles. The molecule has 2 aromatic carbocycles. The number of hydrogen-bond acceptors (Lipinski definition) is 6. The molecule has 0 saturated heterocycles. The van der Waals surface area contributed by atoms with Crippen LogP contribution in [-0.4, -0.2) is 49.7 Å². The number of amides is 2. The maximum absolute atomic E-state index is 13.4. The monoisotopic (exact) mass is 578 g/mol. The van der Waals surface area contributed by atoms with Gasteiger partial charge >= 0.3 is 0 Å². The second-order valence-electron chi connectivity index (χ2n) is 10.7. The van der Waals surface area contributed by atoms with Crippen LogP contribution in [0.5, 0.6) is 0 Å². The Morgan fingerprint density at radius 3 is 2.50 bits per heavy atom. The summed E-state index contributed by atoms with van der Waals surface area (Å²) < 4.78 is 29.3. The van der Waals surface area contributed by atoms with E-state index in [0.717, 1.165) is 48.6 Å². The molecule has 0 bridgehead atoms. The number of rotatable bonds is 12. The number of thiophene rings is 1. The summed E-state index contributed by atoms with van der Waals surface area (Å²) in [7, 11) is -3.83. The third-order valence-corrected chi connectivity index (χ3v) is 10.8. The SMILES string of the molecule is N#Cc1ccccc1S(=O)(=O)N(CCCNC(=O)[C@H](CC1CCCC1)NC(=O)c1cc2ccccc2s1)C1CC1. The van der Waals surface area contributed by atoms with Crippen molar-refractivity contribution >= 4 is 43.3 Å². The van der Waals surface area contributed by atoms with Crippen LogP contribution < -0.4 is 10.6 Å². The van der Waals surface area contributed by atoms with Crippen LogP contribution in [0.1, 0.15) is 66.6 Å². The third kappa shape index (κ3) is 6.54. The van der Waals surface area contributed by atoms with Gasteiger partial charge in [-0.15, -0.1) is 11.3 Å². The van der Waals surface area contributed by atoms with Crippen molar-refractivity contribution in [2.45, 2.75) is 68.3 Å². The molecule has 1 heterocycles. The Hall–Kier alpha value is -3.26. The second-order valence-corrected chi connectivity index (χ2v) is 13.6. The molecule has 8 nitrogen and oxygen atoms in total. The maximum atomic E-state index is 13.4. The van der Waals surface area contributed by atoms with E-state index in [9.17, 15) is 23.3 Å². The first-order valence-corrected chi connectivity index (χ1v) is 16.2. The summed E-state index contributed by atoms with van der Waals surface area (Å²) in [4.78, 5) is 27.0. The van der Waals surface area contributed by atoms with Gasteiger partial charge in [-0.05, 0) is 61.3 Å². The minimum Gasteiger partial charge on any atom is -0.354 e. The Labute approximate surface area is 239 Å². The number of nitrogens with one attached hydrogen (secondary N) is 2. The van der Waals surface area contributed by atoms with E-state index in [-0.39, 0.29) is 41.4 Å². The van der Waals surface area contributed by atoms with Crippen molar-refractivity contribution < 1.29 is 18.0 Å². The molecular formula is C30H34N4O4S2. The molecule has 0 aliphatic heterocycles. The van der Waals surface area contributed by atoms with Crippen LogP contribution in [0.4, 0.5) is 0 Å². The normalized spacial score (nSPS) is 16.6. The zero-order chi connectivity index (χ0) is 28.1. The molecule has 0 radical (unpaired) electrons. The van der Waals surface area contributed by atoms with Crippen molar-refractivity contribution in [1.29, 1.82) is 5.26 Å². The van der Waals surface area contributed by atoms with E-state index in [2.05, 4.69) is 10.6 Å². The number of carbonyl (C=O) groups excluding carboxylic acids is 2. The molecule has 0 unspecified atom stereocenters. The predicted octanol–water partition coefficient (Wildman–Crippen LogP) is 4.81. The summed E-state index contributed by atoms with van der Waals surface area (Å²) in [6.45, 7) is 0.534. The minimum absolute atomic E-state index is 0.0222. The number of benzene rings is 2. The number of sulfonamides is 1. The van der Waals surface area contributed by atoms with Gasteiger partial charge < -0.3 is 10.6 Å². The molecule has 2 amide bonds. The van der Waals surface area contributed by atoms with Crippen molar-refractivity contribution in [3.05, 3.63) is 65.0 Å². The highest BCUT2D eigenvalue weighted by Gasteiger charge is 2.38. The lowest BCUT2D eigenvalue weighted by molar-refractivity contribution is -0.123. The number of carbonyl (C=O) groups is 2. The fourth-order valence-electron chi connectivity index (χ4n) is 5.48. The van der Waals surface area contributed by atoms with E-state index < -0.39 is 16.1 Å². The van der Waals surface area contributed by atoms with Crippen molar-refractivity contribution in [3.63, 3.8) is 0 Å². The lowest BCUT2D eigenvalue weighted by Gasteiger charge is -2.23. The van der Waals surface area contributed by atoms with Crippen molar-refractivity contribution in [2.75, 3.05) is 13.1 Å². The van der Waals surface area contributed by atoms with Gasteiger partial charge in [0.1, 0.15) is 12.1 Å². The van der Waals surface area contributed by atoms with Gasteiger partial charge in [0.2, 0.25) is 15.9 Å². The van der Waals surface area contributed by atoms with E-state index in [1.54, 1.807) is 12.1 Å². The van der Waals surface area contributed by atoms with Crippen LogP contribution >= 0.6 is 11.3 Å². The number of nitriles is 1. The van der Waals surface area contributed by atoms with E-state index in [1.165, 1.54) is 27.8 Å². The van der Waals surface area contributed by atoms with Gasteiger partial charge in [0.05, 0.1) is 15.3 Å². The van der Waals surface area contributed by atoms with Crippen molar-refractivity contribution in [1.82, 2.24) is 14.9 Å². The number of hydrogen-bond donors (Lipinski definition) is 2. The van der Waals surface area contributed by atoms with Crippen LogP contribution in [-0.2, 0) is 14.8 Å². The molecule has 2 N–H and O–H groups in total. The van der Waals surface area contributed by atoms with Crippen LogP contribution in [0.15, 0.2) is 59.5 Å². The lowest BCUT2D eigenvalue weighted by Crippen LogP contribution is -2.48. The minimum atomic E-state index is -3.83. The summed E-state index contributed by atoms with van der Waals surface area (Å²) in [5.74, 6) is -0.0901. The second kappa shape index (κ2) is 12.5. The molecule has 5 rings (SSSR count). The molecule has 2 fully saturated rings. The van der Waals surface area contributed by atoms with Crippen molar-refractivity contribution in [2.24, 2.45) is 5.92 Å². The smallest absolute Gasteiger partial charge is 0.262 e. The van der Waals surface area contributed by atoms with Crippen LogP contribution in [0.25, 0.3) is 10.1 Å². The topological polar surface area (TPSA) is 119 Å². The Bertz CT molecular complexity index is 1480. The molecule has 1 atom stereocenters. The maximum Gasteiger partial charge on any atom is 0.262 e. The first kappa shape index (κ1) is 28.3. The number of fused-ring (bicyclic) bond motifs is 1. The molecule has 3 aromatic rings. The summed E-state index contributed by atoms with van der Waals surface area (Å²) in [6.07, 6.45) is 6.99. The Morgan fingerprint density at radius 2 is 1.77 bits per heavy atom. The Morgan fingerprint density at radius 1 is 1.05 bits per heavy atom. The van der Waals surface area contributed by atoms with Gasteiger partial charge in [-0.3, -0.25) is 9.59 Å². The van der Waals surface area contributed by atoms with E-state index in [1.807, 2.05) is 36.4 Å². The molecule has 0 spiro atoms. The van der Waals surface area contributed by atoms with E-state index in [0.29, 0.717) is 23.6 Å². The standard InChI is InChI=1S/C30H34N4O4S2/c31-20-23-11-4-6-13-28(23)40(37,38)34(24-14-15-24)17-7-16-32-29(35)25(18-21-8-1-2-9-21)33-30(36)27-19-22-10-3-5-12-26(22)39-27/h3-6,10-13,19,21,24-25H,1-2,7-9,14-18H2,(H,32,35)(H,33,36)/t25-/m0/s1. The zero-order valence-electron chi connectivity index (χ0n) is 22.3. The van der Waals surface area contributed by atoms with Gasteiger partial charge in [-0.2, -0.15) is 9.57 Å². The average Bonchev–Trinajstić information content (AvgIpc) is 3.47. The van der Waals surface area contributed by atoms with Crippen LogP contribution in [0.2, 0.25) is 0 Å². The quantitative estimate of drug-likeness (QED) is 0.299. The molecule has 40 heavy (non-hydrogen) atoms. The van der Waals surface area contributed by atoms with E-state index in [4.69, 9.17) is 0 Å². The predicted molar refractivity (Wildman–Crippen MR) is 155 cm³/mol. The van der Waals surface area contributed by atoms with Gasteiger partial charge in [-0.1, -0.05) is 56.0 Å². The summed E-state index contributed by atoms with van der Waals surface area (Å²) in [5, 5.41) is 16.3. The van der Waals surface area contributed by atoms with Crippen molar-refractivity contribution in [3.8, 4) is 6.07 Å². The van der Waals surface area contributed by atoms with Gasteiger partial charge in [0.25, 0.3) is 5.91 Å². The van der Waals surface area contributed by atoms with Gasteiger partial charge in [0, 0.05) is 23.8 Å². The Kier molecular flexibility index (Phi) is 8.84. The summed E-state index contributed by atoms with van der Waals surface area (Å²) >= 11 is 1.41. The highest BCUT2D eigenvalue weighted by atomic mass is 32.2. The third-order valence-electron chi connectivity index (χ3n) is 7.72. The van der Waals surface area contributed by atoms with Crippen LogP contribution in [0.3, 0.4) is 0 Å². The highest BCUT2D eigenvalue weighted by molar-refractivity contribution is 7.89. The zero-order valence-corrected chi connectivity index (χ0v) is 24.0. The molecule has 2 aliphatic carbocycles. The number of nitrogens with zero attached hydrogens (tertiary/aromatic N) is 2. The highest BCUT2D eigenvalue weighted by Crippen LogP contribution is 2.33. The van der Waals surface area contributed by atoms with Gasteiger partial charge in [0.15, 0.2) is 0 Å². The summed E-state index contributed by atoms with van der Waals surface area (Å²) in [5.41, 5.74) is 0.130. The van der Waals surface area contributed by atoms with Gasteiger partial charge in [-0.25, -0.2) is 8.42 Å². The largest absolute Gasteiger partial charge is 0.354 e. The first-order chi connectivity index (χ1) is 19.4. The lowest BCUT2D eigenvalue weighted by atomic mass is 9.97. The first-order valence-electron chi connectivity index (χ1n) is 13.9. The molecule has 1 aromatic heterocycles. The fourth-order valence-corrected chi connectivity index (χ4v) is 8.31. The average molecular weight is 579 g/mol. The van der Waals surface area contributed by atoms with E-state index >= 15 is 0 Å².